The van der Waals surface area contributed by atoms with Crippen LogP contribution in [0.25, 0.3) is 0 Å². The van der Waals surface area contributed by atoms with Gasteiger partial charge in [-0.1, -0.05) is 23.5 Å². The van der Waals surface area contributed by atoms with Gasteiger partial charge in [0, 0.05) is 12.7 Å². The van der Waals surface area contributed by atoms with Crippen molar-refractivity contribution in [3.05, 3.63) is 40.4 Å². The zero-order valence-electron chi connectivity index (χ0n) is 12.0. The van der Waals surface area contributed by atoms with Gasteiger partial charge in [-0.3, -0.25) is 10.1 Å². The molecule has 2 aromatic rings. The molecule has 1 aromatic carbocycles. The number of hydrogen-bond donors (Lipinski definition) is 3. The largest absolute Gasteiger partial charge is 0.354 e. The molecule has 0 aliphatic heterocycles. The fraction of sp³-hybridized carbons (Fsp3) is 0.214. The van der Waals surface area contributed by atoms with Crippen LogP contribution in [0.2, 0.25) is 0 Å². The lowest BCUT2D eigenvalue weighted by Crippen LogP contribution is -2.19. The molecule has 21 heavy (non-hydrogen) atoms. The summed E-state index contributed by atoms with van der Waals surface area (Å²) >= 11 is 1.14. The monoisotopic (exact) mass is 304 g/mol. The number of thiazole rings is 1. The Morgan fingerprint density at radius 2 is 1.95 bits per heavy atom. The van der Waals surface area contributed by atoms with E-state index >= 15 is 0 Å². The fourth-order valence-corrected chi connectivity index (χ4v) is 2.66. The molecule has 0 bridgehead atoms. The number of carbonyl (C=O) groups is 2. The first-order valence-corrected chi connectivity index (χ1v) is 7.15. The zero-order chi connectivity index (χ0) is 15.4. The number of benzene rings is 1. The van der Waals surface area contributed by atoms with Crippen molar-refractivity contribution in [2.75, 3.05) is 17.7 Å². The quantitative estimate of drug-likeness (QED) is 0.815. The lowest BCUT2D eigenvalue weighted by Gasteiger charge is -2.05. The molecule has 0 saturated carbocycles. The van der Waals surface area contributed by atoms with Gasteiger partial charge in [-0.05, 0) is 31.5 Å². The van der Waals surface area contributed by atoms with Crippen molar-refractivity contribution >= 4 is 34.1 Å². The maximum atomic E-state index is 11.9. The van der Waals surface area contributed by atoms with Crippen molar-refractivity contribution in [3.63, 3.8) is 0 Å². The summed E-state index contributed by atoms with van der Waals surface area (Å²) in [5.41, 5.74) is 2.34. The van der Waals surface area contributed by atoms with Crippen LogP contribution in [0.1, 0.15) is 20.9 Å². The summed E-state index contributed by atoms with van der Waals surface area (Å²) in [6, 6.07) is 7.08. The molecule has 2 rings (SSSR count). The highest BCUT2D eigenvalue weighted by Crippen LogP contribution is 2.22. The molecular weight excluding hydrogens is 288 g/mol. The molecule has 7 heteroatoms. The Morgan fingerprint density at radius 3 is 2.62 bits per heavy atom. The Balaban J connectivity index is 2.05. The lowest BCUT2D eigenvalue weighted by atomic mass is 10.2. The van der Waals surface area contributed by atoms with Gasteiger partial charge < -0.3 is 10.6 Å². The zero-order valence-corrected chi connectivity index (χ0v) is 12.8. The molecule has 1 aromatic heterocycles. The highest BCUT2D eigenvalue weighted by molar-refractivity contribution is 7.17. The van der Waals surface area contributed by atoms with E-state index in [1.165, 1.54) is 0 Å². The van der Waals surface area contributed by atoms with E-state index in [1.807, 2.05) is 25.1 Å². The maximum Gasteiger partial charge on any atom is 0.325 e. The minimum atomic E-state index is -0.391. The number of nitrogens with zero attached hydrogens (tertiary/aromatic N) is 1. The molecule has 0 saturated heterocycles. The Labute approximate surface area is 126 Å². The second-order valence-corrected chi connectivity index (χ2v) is 5.46. The van der Waals surface area contributed by atoms with Crippen molar-refractivity contribution in [3.8, 4) is 0 Å². The van der Waals surface area contributed by atoms with Gasteiger partial charge in [0.05, 0.1) is 5.69 Å². The highest BCUT2D eigenvalue weighted by atomic mass is 32.1. The van der Waals surface area contributed by atoms with Crippen LogP contribution in [0, 0.1) is 13.8 Å². The number of urea groups is 1. The molecular formula is C14H16N4O2S. The standard InChI is InChI=1S/C14H16N4O2S/c1-8-5-4-6-10(7-8)17-13(20)18-14-16-9(2)11(21-14)12(19)15-3/h4-7H,1-3H3,(H,15,19)(H2,16,17,18,20). The molecule has 110 valence electrons. The molecule has 0 unspecified atom stereocenters. The number of aryl methyl sites for hydroxylation is 2. The van der Waals surface area contributed by atoms with Crippen LogP contribution in [-0.4, -0.2) is 24.0 Å². The molecule has 0 aliphatic carbocycles. The summed E-state index contributed by atoms with van der Waals surface area (Å²) in [5, 5.41) is 8.27. The van der Waals surface area contributed by atoms with Crippen LogP contribution in [-0.2, 0) is 0 Å². The van der Waals surface area contributed by atoms with Crippen LogP contribution in [0.4, 0.5) is 15.6 Å². The van der Waals surface area contributed by atoms with Crippen molar-refractivity contribution in [2.45, 2.75) is 13.8 Å². The average molecular weight is 304 g/mol. The van der Waals surface area contributed by atoms with Crippen LogP contribution < -0.4 is 16.0 Å². The topological polar surface area (TPSA) is 83.1 Å². The van der Waals surface area contributed by atoms with Gasteiger partial charge in [0.25, 0.3) is 5.91 Å². The summed E-state index contributed by atoms with van der Waals surface area (Å²) in [7, 11) is 1.55. The van der Waals surface area contributed by atoms with Crippen molar-refractivity contribution in [1.29, 1.82) is 0 Å². The summed E-state index contributed by atoms with van der Waals surface area (Å²) in [6.45, 7) is 3.67. The predicted octanol–water partition coefficient (Wildman–Crippen LogP) is 2.76. The molecule has 0 spiro atoms. The summed E-state index contributed by atoms with van der Waals surface area (Å²) < 4.78 is 0. The summed E-state index contributed by atoms with van der Waals surface area (Å²) in [4.78, 5) is 28.1. The van der Waals surface area contributed by atoms with E-state index in [0.717, 1.165) is 16.9 Å². The van der Waals surface area contributed by atoms with E-state index in [9.17, 15) is 9.59 Å². The number of aromatic nitrogens is 1. The van der Waals surface area contributed by atoms with Gasteiger partial charge in [0.2, 0.25) is 0 Å². The molecule has 0 atom stereocenters. The second kappa shape index (κ2) is 6.36. The minimum absolute atomic E-state index is 0.211. The number of anilines is 2. The second-order valence-electron chi connectivity index (χ2n) is 4.46. The van der Waals surface area contributed by atoms with E-state index < -0.39 is 6.03 Å². The van der Waals surface area contributed by atoms with Crippen molar-refractivity contribution < 1.29 is 9.59 Å². The van der Waals surface area contributed by atoms with Crippen molar-refractivity contribution in [1.82, 2.24) is 10.3 Å². The van der Waals surface area contributed by atoms with Crippen LogP contribution in [0.15, 0.2) is 24.3 Å². The first-order chi connectivity index (χ1) is 9.99. The van der Waals surface area contributed by atoms with Gasteiger partial charge in [0.15, 0.2) is 5.13 Å². The summed E-state index contributed by atoms with van der Waals surface area (Å²) in [5.74, 6) is -0.211. The van der Waals surface area contributed by atoms with Gasteiger partial charge in [-0.2, -0.15) is 0 Å². The van der Waals surface area contributed by atoms with Gasteiger partial charge >= 0.3 is 6.03 Å². The van der Waals surface area contributed by atoms with E-state index in [2.05, 4.69) is 20.9 Å². The average Bonchev–Trinajstić information content (AvgIpc) is 2.78. The van der Waals surface area contributed by atoms with E-state index in [-0.39, 0.29) is 5.91 Å². The van der Waals surface area contributed by atoms with Crippen LogP contribution in [0.5, 0.6) is 0 Å². The first-order valence-electron chi connectivity index (χ1n) is 6.34. The van der Waals surface area contributed by atoms with Gasteiger partial charge in [-0.15, -0.1) is 0 Å². The third-order valence-electron chi connectivity index (χ3n) is 2.73. The number of carbonyl (C=O) groups excluding carboxylic acids is 2. The number of amides is 3. The van der Waals surface area contributed by atoms with E-state index in [1.54, 1.807) is 20.0 Å². The third-order valence-corrected chi connectivity index (χ3v) is 3.80. The molecule has 0 radical (unpaired) electrons. The number of hydrogen-bond acceptors (Lipinski definition) is 4. The molecule has 1 heterocycles. The Bertz CT molecular complexity index is 681. The predicted molar refractivity (Wildman–Crippen MR) is 84.1 cm³/mol. The minimum Gasteiger partial charge on any atom is -0.354 e. The molecule has 0 fully saturated rings. The van der Waals surface area contributed by atoms with Crippen LogP contribution in [0.3, 0.4) is 0 Å². The summed E-state index contributed by atoms with van der Waals surface area (Å²) in [6.07, 6.45) is 0. The van der Waals surface area contributed by atoms with Gasteiger partial charge in [-0.25, -0.2) is 9.78 Å². The van der Waals surface area contributed by atoms with E-state index in [0.29, 0.717) is 21.4 Å². The highest BCUT2D eigenvalue weighted by Gasteiger charge is 2.15. The maximum absolute atomic E-state index is 11.9. The Hall–Kier alpha value is -2.41. The molecule has 3 N–H and O–H groups in total. The molecule has 6 nitrogen and oxygen atoms in total. The smallest absolute Gasteiger partial charge is 0.325 e. The number of rotatable bonds is 3. The van der Waals surface area contributed by atoms with Gasteiger partial charge in [0.1, 0.15) is 4.88 Å². The lowest BCUT2D eigenvalue weighted by molar-refractivity contribution is 0.0966. The third kappa shape index (κ3) is 3.79. The number of nitrogens with one attached hydrogen (secondary N) is 3. The van der Waals surface area contributed by atoms with Crippen LogP contribution >= 0.6 is 11.3 Å². The Kier molecular flexibility index (Phi) is 4.54. The SMILES string of the molecule is CNC(=O)c1sc(NC(=O)Nc2cccc(C)c2)nc1C. The normalized spacial score (nSPS) is 10.0. The fourth-order valence-electron chi connectivity index (χ4n) is 1.76. The van der Waals surface area contributed by atoms with Crippen molar-refractivity contribution in [2.24, 2.45) is 0 Å². The Morgan fingerprint density at radius 1 is 1.19 bits per heavy atom. The van der Waals surface area contributed by atoms with E-state index in [4.69, 9.17) is 0 Å². The molecule has 3 amide bonds. The first kappa shape index (κ1) is 15.0. The molecule has 0 aliphatic rings.